The number of benzene rings is 3. The predicted octanol–water partition coefficient (Wildman–Crippen LogP) is 5.86. The van der Waals surface area contributed by atoms with Crippen LogP contribution in [-0.4, -0.2) is 26.3 Å². The number of hydrogen-bond donors (Lipinski definition) is 1. The largest absolute Gasteiger partial charge is 0.416 e. The number of carbonyl (C=O) groups is 3. The van der Waals surface area contributed by atoms with Gasteiger partial charge in [0, 0.05) is 10.0 Å². The summed E-state index contributed by atoms with van der Waals surface area (Å²) in [5.74, 6) is -2.73. The zero-order valence-electron chi connectivity index (χ0n) is 19.5. The zero-order valence-corrected chi connectivity index (χ0v) is 22.7. The molecule has 3 aromatic rings. The second-order valence-electron chi connectivity index (χ2n) is 8.15. The molecular weight excluding hydrogens is 629 g/mol. The number of rotatable bonds is 5. The lowest BCUT2D eigenvalue weighted by Crippen LogP contribution is -2.54. The van der Waals surface area contributed by atoms with Gasteiger partial charge in [-0.25, -0.2) is 9.69 Å². The summed E-state index contributed by atoms with van der Waals surface area (Å²) in [6, 6.07) is 10.5. The molecule has 0 bridgehead atoms. The van der Waals surface area contributed by atoms with Gasteiger partial charge in [-0.3, -0.25) is 14.9 Å². The first-order valence-electron chi connectivity index (χ1n) is 10.8. The van der Waals surface area contributed by atoms with E-state index in [1.54, 1.807) is 19.1 Å². The minimum Gasteiger partial charge on any atom is -0.378 e. The maximum atomic E-state index is 13.3. The number of imide groups is 2. The first kappa shape index (κ1) is 28.3. The van der Waals surface area contributed by atoms with Crippen LogP contribution in [0.25, 0.3) is 6.08 Å². The Morgan fingerprint density at radius 2 is 1.67 bits per heavy atom. The molecule has 8 nitrogen and oxygen atoms in total. The van der Waals surface area contributed by atoms with Crippen LogP contribution >= 0.6 is 27.5 Å². The summed E-state index contributed by atoms with van der Waals surface area (Å²) >= 11 is 9.21. The minimum atomic E-state index is -4.81. The van der Waals surface area contributed by atoms with Crippen molar-refractivity contribution < 1.29 is 40.2 Å². The van der Waals surface area contributed by atoms with E-state index >= 15 is 0 Å². The van der Waals surface area contributed by atoms with Gasteiger partial charge in [0.15, 0.2) is 0 Å². The lowest BCUT2D eigenvalue weighted by Gasteiger charge is -2.27. The van der Waals surface area contributed by atoms with Gasteiger partial charge in [-0.15, -0.1) is 0 Å². The average Bonchev–Trinajstić information content (AvgIpc) is 2.83. The van der Waals surface area contributed by atoms with Crippen molar-refractivity contribution in [3.63, 3.8) is 0 Å². The first-order valence-corrected chi connectivity index (χ1v) is 13.3. The fourth-order valence-electron chi connectivity index (χ4n) is 3.47. The fourth-order valence-corrected chi connectivity index (χ4v) is 5.01. The molecule has 1 fully saturated rings. The van der Waals surface area contributed by atoms with Crippen molar-refractivity contribution in [2.24, 2.45) is 0 Å². The molecule has 1 saturated heterocycles. The van der Waals surface area contributed by atoms with Crippen molar-refractivity contribution in [3.05, 3.63) is 92.4 Å². The Morgan fingerprint density at radius 3 is 2.31 bits per heavy atom. The number of nitrogens with zero attached hydrogens (tertiary/aromatic N) is 1. The Morgan fingerprint density at radius 1 is 1.00 bits per heavy atom. The third kappa shape index (κ3) is 6.00. The molecule has 1 heterocycles. The molecule has 0 spiro atoms. The summed E-state index contributed by atoms with van der Waals surface area (Å²) in [6.07, 6.45) is -3.86. The third-order valence-corrected chi connectivity index (χ3v) is 7.46. The quantitative estimate of drug-likeness (QED) is 0.212. The van der Waals surface area contributed by atoms with Crippen molar-refractivity contribution in [2.45, 2.75) is 18.0 Å². The van der Waals surface area contributed by atoms with Crippen LogP contribution in [0.2, 0.25) is 5.02 Å². The SMILES string of the molecule is Cc1ccc(S(=O)(=O)Oc2ccc(Br)cc2/C=C2/C(=O)NC(=O)N(c3cc(C(F)(F)F)ccc3Cl)C2=O)cc1. The van der Waals surface area contributed by atoms with E-state index in [1.165, 1.54) is 30.3 Å². The van der Waals surface area contributed by atoms with Gasteiger partial charge in [0.1, 0.15) is 16.2 Å². The predicted molar refractivity (Wildman–Crippen MR) is 139 cm³/mol. The molecule has 3 aromatic carbocycles. The van der Waals surface area contributed by atoms with Gasteiger partial charge >= 0.3 is 22.3 Å². The zero-order chi connectivity index (χ0) is 28.7. The summed E-state index contributed by atoms with van der Waals surface area (Å²) in [7, 11) is -4.34. The van der Waals surface area contributed by atoms with Crippen LogP contribution in [0.4, 0.5) is 23.7 Å². The van der Waals surface area contributed by atoms with Crippen LogP contribution < -0.4 is 14.4 Å². The van der Waals surface area contributed by atoms with Crippen LogP contribution in [-0.2, 0) is 25.9 Å². The Labute approximate surface area is 233 Å². The number of amides is 4. The highest BCUT2D eigenvalue weighted by Gasteiger charge is 2.39. The summed E-state index contributed by atoms with van der Waals surface area (Å²) < 4.78 is 71.2. The molecule has 0 aromatic heterocycles. The average molecular weight is 644 g/mol. The Hall–Kier alpha value is -3.68. The van der Waals surface area contributed by atoms with Gasteiger partial charge in [0.25, 0.3) is 11.8 Å². The van der Waals surface area contributed by atoms with E-state index in [4.69, 9.17) is 15.8 Å². The highest BCUT2D eigenvalue weighted by molar-refractivity contribution is 9.10. The van der Waals surface area contributed by atoms with E-state index in [0.29, 0.717) is 16.6 Å². The van der Waals surface area contributed by atoms with Crippen molar-refractivity contribution in [1.29, 1.82) is 0 Å². The van der Waals surface area contributed by atoms with Crippen molar-refractivity contribution in [3.8, 4) is 5.75 Å². The molecule has 39 heavy (non-hydrogen) atoms. The highest BCUT2D eigenvalue weighted by Crippen LogP contribution is 2.37. The molecule has 0 atom stereocenters. The molecular formula is C25H15BrClF3N2O6S. The van der Waals surface area contributed by atoms with Gasteiger partial charge in [0.05, 0.1) is 16.3 Å². The molecule has 14 heteroatoms. The standard InChI is InChI=1S/C25H15BrClF3N2O6S/c1-13-2-6-17(7-3-13)39(36,37)38-21-9-5-16(26)10-14(21)11-18-22(33)31-24(35)32(23(18)34)20-12-15(25(28,29)30)4-8-19(20)27/h2-12H,1H3,(H,31,33,35)/b18-11-. The maximum Gasteiger partial charge on any atom is 0.416 e. The Balaban J connectivity index is 1.77. The molecule has 1 aliphatic heterocycles. The number of carbonyl (C=O) groups excluding carboxylic acids is 3. The van der Waals surface area contributed by atoms with E-state index in [0.717, 1.165) is 17.7 Å². The fraction of sp³-hybridized carbons (Fsp3) is 0.0800. The number of hydrogen-bond acceptors (Lipinski definition) is 6. The molecule has 1 N–H and O–H groups in total. The number of anilines is 1. The number of alkyl halides is 3. The van der Waals surface area contributed by atoms with Crippen LogP contribution in [0.1, 0.15) is 16.7 Å². The van der Waals surface area contributed by atoms with Gasteiger partial charge < -0.3 is 4.18 Å². The molecule has 1 aliphatic rings. The number of halogens is 5. The molecule has 0 radical (unpaired) electrons. The summed E-state index contributed by atoms with van der Waals surface area (Å²) in [4.78, 5) is 38.5. The van der Waals surface area contributed by atoms with Gasteiger partial charge in [0.2, 0.25) is 0 Å². The van der Waals surface area contributed by atoms with Crippen molar-refractivity contribution >= 4 is 67.3 Å². The third-order valence-electron chi connectivity index (χ3n) is 5.40. The number of urea groups is 1. The monoisotopic (exact) mass is 642 g/mol. The maximum absolute atomic E-state index is 13.3. The second kappa shape index (κ2) is 10.5. The Kier molecular flexibility index (Phi) is 7.61. The van der Waals surface area contributed by atoms with Crippen LogP contribution in [0, 0.1) is 6.92 Å². The van der Waals surface area contributed by atoms with E-state index < -0.39 is 51.0 Å². The summed E-state index contributed by atoms with van der Waals surface area (Å²) in [5.41, 5.74) is -1.75. The van der Waals surface area contributed by atoms with Gasteiger partial charge in [-0.1, -0.05) is 45.2 Å². The molecule has 202 valence electrons. The highest BCUT2D eigenvalue weighted by atomic mass is 79.9. The summed E-state index contributed by atoms with van der Waals surface area (Å²) in [6.45, 7) is 1.77. The molecule has 0 aliphatic carbocycles. The topological polar surface area (TPSA) is 110 Å². The smallest absolute Gasteiger partial charge is 0.378 e. The Bertz CT molecular complexity index is 1660. The molecule has 4 amide bonds. The van der Waals surface area contributed by atoms with E-state index in [1.807, 2.05) is 5.32 Å². The number of nitrogens with one attached hydrogen (secondary N) is 1. The lowest BCUT2D eigenvalue weighted by molar-refractivity contribution is -0.137. The lowest BCUT2D eigenvalue weighted by atomic mass is 10.1. The van der Waals surface area contributed by atoms with Crippen molar-refractivity contribution in [2.75, 3.05) is 4.90 Å². The van der Waals surface area contributed by atoms with E-state index in [9.17, 15) is 36.0 Å². The van der Waals surface area contributed by atoms with Crippen LogP contribution in [0.3, 0.4) is 0 Å². The normalized spacial score (nSPS) is 15.5. The van der Waals surface area contributed by atoms with Crippen LogP contribution in [0.15, 0.2) is 75.6 Å². The van der Waals surface area contributed by atoms with Gasteiger partial charge in [-0.2, -0.15) is 21.6 Å². The molecule has 0 unspecified atom stereocenters. The molecule has 0 saturated carbocycles. The second-order valence-corrected chi connectivity index (χ2v) is 11.0. The minimum absolute atomic E-state index is 0.0667. The van der Waals surface area contributed by atoms with Crippen LogP contribution in [0.5, 0.6) is 5.75 Å². The number of aryl methyl sites for hydroxylation is 1. The summed E-state index contributed by atoms with van der Waals surface area (Å²) in [5, 5.41) is 1.51. The van der Waals surface area contributed by atoms with E-state index in [2.05, 4.69) is 15.9 Å². The first-order chi connectivity index (χ1) is 18.2. The van der Waals surface area contributed by atoms with E-state index in [-0.39, 0.29) is 26.1 Å². The van der Waals surface area contributed by atoms with Crippen molar-refractivity contribution in [1.82, 2.24) is 5.32 Å². The molecule has 4 rings (SSSR count). The number of barbiturate groups is 1. The van der Waals surface area contributed by atoms with Gasteiger partial charge in [-0.05, 0) is 61.5 Å².